The monoisotopic (exact) mass is 398 g/mol. The molecule has 27 heavy (non-hydrogen) atoms. The molecule has 0 spiro atoms. The van der Waals surface area contributed by atoms with E-state index in [0.717, 1.165) is 15.5 Å². The van der Waals surface area contributed by atoms with Gasteiger partial charge in [-0.3, -0.25) is 4.79 Å². The number of fused-ring (bicyclic) bond motifs is 2. The number of hydrogen-bond donors (Lipinski definition) is 2. The normalized spacial score (nSPS) is 11.0. The number of halogens is 1. The van der Waals surface area contributed by atoms with Crippen molar-refractivity contribution in [2.75, 3.05) is 17.2 Å². The Hall–Kier alpha value is -2.83. The van der Waals surface area contributed by atoms with Crippen molar-refractivity contribution in [3.05, 3.63) is 68.9 Å². The van der Waals surface area contributed by atoms with E-state index >= 15 is 0 Å². The van der Waals surface area contributed by atoms with Crippen LogP contribution in [-0.2, 0) is 0 Å². The molecule has 0 aliphatic heterocycles. The molecule has 136 valence electrons. The molecule has 0 saturated heterocycles. The van der Waals surface area contributed by atoms with Gasteiger partial charge in [-0.15, -0.1) is 11.3 Å². The first-order chi connectivity index (χ1) is 13.1. The minimum absolute atomic E-state index is 0.0778. The predicted octanol–water partition coefficient (Wildman–Crippen LogP) is 5.35. The molecule has 0 fully saturated rings. The summed E-state index contributed by atoms with van der Waals surface area (Å²) in [7, 11) is 0. The third-order valence-corrected chi connectivity index (χ3v) is 5.82. The van der Waals surface area contributed by atoms with Gasteiger partial charge in [-0.25, -0.2) is 4.79 Å². The number of thiophene rings is 1. The summed E-state index contributed by atoms with van der Waals surface area (Å²) >= 11 is 7.67. The molecule has 0 atom stereocenters. The zero-order chi connectivity index (χ0) is 19.0. The van der Waals surface area contributed by atoms with E-state index in [1.807, 2.05) is 43.3 Å². The molecule has 2 aromatic heterocycles. The van der Waals surface area contributed by atoms with Gasteiger partial charge >= 0.3 is 5.63 Å². The van der Waals surface area contributed by atoms with E-state index < -0.39 is 11.5 Å². The number of hydrogen-bond acceptors (Lipinski definition) is 5. The van der Waals surface area contributed by atoms with Crippen LogP contribution in [0.4, 0.5) is 11.4 Å². The van der Waals surface area contributed by atoms with E-state index in [0.29, 0.717) is 27.7 Å². The van der Waals surface area contributed by atoms with Crippen molar-refractivity contribution in [2.24, 2.45) is 0 Å². The largest absolute Gasteiger partial charge is 0.421 e. The maximum absolute atomic E-state index is 12.9. The molecule has 5 nitrogen and oxygen atoms in total. The van der Waals surface area contributed by atoms with Crippen molar-refractivity contribution in [3.8, 4) is 0 Å². The molecule has 0 unspecified atom stereocenters. The lowest BCUT2D eigenvalue weighted by Gasteiger charge is -2.13. The van der Waals surface area contributed by atoms with Gasteiger partial charge in [-0.1, -0.05) is 41.9 Å². The molecule has 0 aliphatic rings. The first-order valence-corrected chi connectivity index (χ1v) is 9.57. The Balaban J connectivity index is 1.81. The second-order valence-corrected chi connectivity index (χ2v) is 7.29. The quantitative estimate of drug-likeness (QED) is 0.455. The summed E-state index contributed by atoms with van der Waals surface area (Å²) in [5.74, 6) is -0.442. The minimum atomic E-state index is -0.616. The van der Waals surface area contributed by atoms with E-state index in [1.165, 1.54) is 11.3 Å². The van der Waals surface area contributed by atoms with Crippen molar-refractivity contribution in [3.63, 3.8) is 0 Å². The van der Waals surface area contributed by atoms with Gasteiger partial charge in [0.05, 0.1) is 10.7 Å². The van der Waals surface area contributed by atoms with Gasteiger partial charge in [0, 0.05) is 22.0 Å². The van der Waals surface area contributed by atoms with Crippen molar-refractivity contribution in [2.45, 2.75) is 6.92 Å². The number of benzene rings is 2. The zero-order valence-corrected chi connectivity index (χ0v) is 15.9. The molecule has 2 heterocycles. The highest BCUT2D eigenvalue weighted by atomic mass is 35.5. The van der Waals surface area contributed by atoms with Gasteiger partial charge in [0.15, 0.2) is 5.69 Å². The lowest BCUT2D eigenvalue weighted by atomic mass is 10.2. The van der Waals surface area contributed by atoms with Crippen molar-refractivity contribution >= 4 is 61.3 Å². The lowest BCUT2D eigenvalue weighted by molar-refractivity contribution is 0.103. The Morgan fingerprint density at radius 3 is 2.52 bits per heavy atom. The Labute approximate surface area is 163 Å². The van der Waals surface area contributed by atoms with E-state index in [1.54, 1.807) is 12.1 Å². The number of amides is 1. The second-order valence-electron chi connectivity index (χ2n) is 5.86. The summed E-state index contributed by atoms with van der Waals surface area (Å²) in [5, 5.41) is 7.75. The molecule has 0 radical (unpaired) electrons. The average Bonchev–Trinajstić information content (AvgIpc) is 3.01. The number of rotatable bonds is 4. The van der Waals surface area contributed by atoms with E-state index in [4.69, 9.17) is 16.0 Å². The molecule has 2 N–H and O–H groups in total. The van der Waals surface area contributed by atoms with Crippen LogP contribution in [0.3, 0.4) is 0 Å². The van der Waals surface area contributed by atoms with Gasteiger partial charge < -0.3 is 15.1 Å². The third kappa shape index (κ3) is 3.07. The number of anilines is 2. The molecule has 4 rings (SSSR count). The van der Waals surface area contributed by atoms with Gasteiger partial charge in [-0.05, 0) is 25.1 Å². The number of carbonyl (C=O) groups is 1. The van der Waals surface area contributed by atoms with E-state index in [-0.39, 0.29) is 5.69 Å². The summed E-state index contributed by atoms with van der Waals surface area (Å²) in [6.07, 6.45) is 0. The molecular weight excluding hydrogens is 384 g/mol. The Kier molecular flexibility index (Phi) is 4.59. The average molecular weight is 399 g/mol. The fraction of sp³-hybridized carbons (Fsp3) is 0.100. The van der Waals surface area contributed by atoms with Crippen molar-refractivity contribution < 1.29 is 9.21 Å². The summed E-state index contributed by atoms with van der Waals surface area (Å²) < 4.78 is 6.27. The minimum Gasteiger partial charge on any atom is -0.421 e. The highest BCUT2D eigenvalue weighted by molar-refractivity contribution is 7.21. The van der Waals surface area contributed by atoms with Crippen molar-refractivity contribution in [1.29, 1.82) is 0 Å². The van der Waals surface area contributed by atoms with Gasteiger partial charge in [0.25, 0.3) is 5.91 Å². The number of para-hydroxylation sites is 1. The number of carbonyl (C=O) groups excluding carboxylic acids is 1. The van der Waals surface area contributed by atoms with Crippen LogP contribution in [0.2, 0.25) is 5.02 Å². The fourth-order valence-corrected chi connectivity index (χ4v) is 4.37. The summed E-state index contributed by atoms with van der Waals surface area (Å²) in [6.45, 7) is 2.50. The summed E-state index contributed by atoms with van der Waals surface area (Å²) in [6, 6.07) is 14.7. The molecule has 0 aliphatic carbocycles. The fourth-order valence-electron chi connectivity index (χ4n) is 2.95. The molecular formula is C20H15ClN2O3S. The van der Waals surface area contributed by atoms with Gasteiger partial charge in [-0.2, -0.15) is 0 Å². The topological polar surface area (TPSA) is 71.3 Å². The second kappa shape index (κ2) is 7.06. The van der Waals surface area contributed by atoms with Gasteiger partial charge in [0.1, 0.15) is 10.5 Å². The van der Waals surface area contributed by atoms with E-state index in [2.05, 4.69) is 10.6 Å². The maximum Gasteiger partial charge on any atom is 0.362 e. The van der Waals surface area contributed by atoms with Crippen LogP contribution in [0.15, 0.2) is 57.7 Å². The first kappa shape index (κ1) is 17.6. The third-order valence-electron chi connectivity index (χ3n) is 4.15. The highest BCUT2D eigenvalue weighted by Crippen LogP contribution is 2.36. The SMILES string of the molecule is CCNc1c(NC(=O)c2sc3ccccc3c2Cl)c(=O)oc2ccccc12. The van der Waals surface area contributed by atoms with Crippen LogP contribution in [0, 0.1) is 0 Å². The van der Waals surface area contributed by atoms with Crippen LogP contribution in [0.25, 0.3) is 21.1 Å². The van der Waals surface area contributed by atoms with Crippen LogP contribution < -0.4 is 16.3 Å². The maximum atomic E-state index is 12.9. The van der Waals surface area contributed by atoms with Crippen LogP contribution in [0.5, 0.6) is 0 Å². The number of nitrogens with one attached hydrogen (secondary N) is 2. The van der Waals surface area contributed by atoms with Crippen LogP contribution >= 0.6 is 22.9 Å². The summed E-state index contributed by atoms with van der Waals surface area (Å²) in [5.41, 5.74) is 0.454. The van der Waals surface area contributed by atoms with Crippen LogP contribution in [-0.4, -0.2) is 12.5 Å². The zero-order valence-electron chi connectivity index (χ0n) is 14.3. The Morgan fingerprint density at radius 1 is 1.07 bits per heavy atom. The molecule has 2 aromatic carbocycles. The predicted molar refractivity (Wildman–Crippen MR) is 111 cm³/mol. The molecule has 4 aromatic rings. The molecule has 7 heteroatoms. The Bertz CT molecular complexity index is 1230. The molecule has 0 bridgehead atoms. The first-order valence-electron chi connectivity index (χ1n) is 8.38. The van der Waals surface area contributed by atoms with E-state index in [9.17, 15) is 9.59 Å². The van der Waals surface area contributed by atoms with Crippen molar-refractivity contribution in [1.82, 2.24) is 0 Å². The lowest BCUT2D eigenvalue weighted by Crippen LogP contribution is -2.19. The standard InChI is InChI=1S/C20H15ClN2O3S/c1-2-22-16-11-7-3-5-9-13(11)26-20(25)17(16)23-19(24)18-15(21)12-8-4-6-10-14(12)27-18/h3-10,22H,2H2,1H3,(H,23,24). The van der Waals surface area contributed by atoms with Crippen LogP contribution in [0.1, 0.15) is 16.6 Å². The molecule has 0 saturated carbocycles. The van der Waals surface area contributed by atoms with Gasteiger partial charge in [0.2, 0.25) is 0 Å². The smallest absolute Gasteiger partial charge is 0.362 e. The Morgan fingerprint density at radius 2 is 1.78 bits per heavy atom. The summed E-state index contributed by atoms with van der Waals surface area (Å²) in [4.78, 5) is 25.7. The highest BCUT2D eigenvalue weighted by Gasteiger charge is 2.21. The molecule has 1 amide bonds.